The molecule has 2 aliphatic carbocycles. The fourth-order valence-corrected chi connectivity index (χ4v) is 5.88. The molecule has 7 heteroatoms. The molecule has 0 bridgehead atoms. The number of benzene rings is 1. The van der Waals surface area contributed by atoms with Crippen molar-refractivity contribution in [1.29, 1.82) is 5.41 Å². The topological polar surface area (TPSA) is 95.4 Å². The van der Waals surface area contributed by atoms with E-state index in [0.29, 0.717) is 18.6 Å². The largest absolute Gasteiger partial charge is 0.369 e. The third-order valence-corrected chi connectivity index (χ3v) is 7.59. The van der Waals surface area contributed by atoms with Gasteiger partial charge in [0.15, 0.2) is 11.5 Å². The van der Waals surface area contributed by atoms with Gasteiger partial charge in [0.1, 0.15) is 0 Å². The Morgan fingerprint density at radius 1 is 1.26 bits per heavy atom. The molecule has 158 valence electrons. The number of fused-ring (bicyclic) bond motifs is 3. The van der Waals surface area contributed by atoms with E-state index >= 15 is 0 Å². The molecule has 1 amide bonds. The Bertz CT molecular complexity index is 1180. The number of rotatable bonds is 1. The lowest BCUT2D eigenvalue weighted by molar-refractivity contribution is -0.135. The lowest BCUT2D eigenvalue weighted by Crippen LogP contribution is -2.51. The number of aromatic nitrogens is 1. The third kappa shape index (κ3) is 2.67. The van der Waals surface area contributed by atoms with E-state index in [1.165, 1.54) is 4.90 Å². The molecule has 5 rings (SSSR count). The average molecular weight is 431 g/mol. The number of allylic oxidation sites excluding steroid dienone is 2. The fourth-order valence-electron chi connectivity index (χ4n) is 5.61. The number of hydrogen-bond acceptors (Lipinski definition) is 5. The first-order chi connectivity index (χ1) is 14.8. The molecule has 31 heavy (non-hydrogen) atoms. The van der Waals surface area contributed by atoms with Gasteiger partial charge in [-0.15, -0.1) is 9.24 Å². The Balaban J connectivity index is 1.74. The van der Waals surface area contributed by atoms with Crippen molar-refractivity contribution in [1.82, 2.24) is 9.88 Å². The molecule has 2 aromatic rings. The van der Waals surface area contributed by atoms with Crippen LogP contribution in [0.15, 0.2) is 58.6 Å². The normalized spacial score (nSPS) is 29.0. The summed E-state index contributed by atoms with van der Waals surface area (Å²) in [5, 5.41) is 9.54. The van der Waals surface area contributed by atoms with Crippen molar-refractivity contribution in [3.63, 3.8) is 0 Å². The summed E-state index contributed by atoms with van der Waals surface area (Å²) in [7, 11) is 4.44. The van der Waals surface area contributed by atoms with Crippen molar-refractivity contribution >= 4 is 26.8 Å². The highest BCUT2D eigenvalue weighted by Gasteiger charge is 2.66. The van der Waals surface area contributed by atoms with Crippen LogP contribution in [0.5, 0.6) is 0 Å². The minimum Gasteiger partial charge on any atom is -0.369 e. The number of hydrogen-bond donors (Lipinski definition) is 2. The number of carbonyl (C=O) groups is 1. The highest BCUT2D eigenvalue weighted by atomic mass is 31.0. The molecule has 2 heterocycles. The summed E-state index contributed by atoms with van der Waals surface area (Å²) in [6.45, 7) is 2.02. The average Bonchev–Trinajstić information content (AvgIpc) is 3.16. The number of nitrogens with two attached hydrogens (primary N) is 1. The van der Waals surface area contributed by atoms with Crippen molar-refractivity contribution in [2.24, 2.45) is 16.1 Å². The molecule has 1 fully saturated rings. The first-order valence-corrected chi connectivity index (χ1v) is 11.1. The Morgan fingerprint density at radius 2 is 2.06 bits per heavy atom. The molecule has 3 atom stereocenters. The summed E-state index contributed by atoms with van der Waals surface area (Å²) in [5.41, 5.74) is 10.5. The van der Waals surface area contributed by atoms with Crippen molar-refractivity contribution in [2.75, 3.05) is 7.05 Å². The smallest absolute Gasteiger partial charge is 0.262 e. The maximum Gasteiger partial charge on any atom is 0.262 e. The molecule has 3 N–H and O–H groups in total. The van der Waals surface area contributed by atoms with Crippen LogP contribution in [0.25, 0.3) is 11.1 Å². The Kier molecular flexibility index (Phi) is 4.42. The summed E-state index contributed by atoms with van der Waals surface area (Å²) in [6.07, 6.45) is 6.36. The number of pyridine rings is 1. The van der Waals surface area contributed by atoms with Crippen LogP contribution >= 0.6 is 9.24 Å². The zero-order chi connectivity index (χ0) is 22.0. The van der Waals surface area contributed by atoms with Crippen molar-refractivity contribution in [3.8, 4) is 11.1 Å². The SMILES string of the molecule is C/C(P)=C1\CC2(CCC1=N)Cc1ccc(-c3cccnc3)cc1C21N=C(N)N(C)C1=O. The van der Waals surface area contributed by atoms with Gasteiger partial charge < -0.3 is 11.1 Å². The third-order valence-electron chi connectivity index (χ3n) is 7.24. The second kappa shape index (κ2) is 6.83. The van der Waals surface area contributed by atoms with E-state index < -0.39 is 11.0 Å². The Labute approximate surface area is 184 Å². The lowest BCUT2D eigenvalue weighted by atomic mass is 9.60. The predicted molar refractivity (Wildman–Crippen MR) is 126 cm³/mol. The van der Waals surface area contributed by atoms with Crippen LogP contribution in [0.3, 0.4) is 0 Å². The number of carbonyl (C=O) groups excluding carboxylic acids is 1. The number of nitrogens with one attached hydrogen (secondary N) is 1. The fraction of sp³-hybridized carbons (Fsp3) is 0.333. The van der Waals surface area contributed by atoms with E-state index in [2.05, 4.69) is 32.4 Å². The molecule has 3 unspecified atom stereocenters. The maximum atomic E-state index is 13.8. The number of aliphatic imine (C=N–C) groups is 1. The molecule has 0 radical (unpaired) electrons. The van der Waals surface area contributed by atoms with Crippen molar-refractivity contribution < 1.29 is 4.79 Å². The zero-order valence-electron chi connectivity index (χ0n) is 17.8. The predicted octanol–water partition coefficient (Wildman–Crippen LogP) is 3.63. The van der Waals surface area contributed by atoms with Crippen molar-refractivity contribution in [3.05, 3.63) is 64.7 Å². The van der Waals surface area contributed by atoms with Crippen LogP contribution < -0.4 is 5.73 Å². The highest BCUT2D eigenvalue weighted by molar-refractivity contribution is 7.22. The van der Waals surface area contributed by atoms with Crippen molar-refractivity contribution in [2.45, 2.75) is 38.1 Å². The van der Waals surface area contributed by atoms with Gasteiger partial charge in [0.05, 0.1) is 0 Å². The van der Waals surface area contributed by atoms with Crippen LogP contribution in [0.1, 0.15) is 37.3 Å². The van der Waals surface area contributed by atoms with E-state index in [9.17, 15) is 4.79 Å². The standard InChI is InChI=1S/C24H26N5OP/c1-14(31)18-12-23(8-7-20(18)25)11-16-6-5-15(17-4-3-9-27-13-17)10-19(16)24(23)21(30)29(2)22(26)28-24/h3-6,9-10,13,25H,7-8,11-12,31H2,1-2H3,(H2,26,28)/b18-14-,25-20?. The van der Waals surface area contributed by atoms with Gasteiger partial charge >= 0.3 is 0 Å². The van der Waals surface area contributed by atoms with E-state index in [1.54, 1.807) is 13.2 Å². The molecular formula is C24H26N5OP. The number of guanidine groups is 1. The number of amides is 1. The second-order valence-corrected chi connectivity index (χ2v) is 9.80. The van der Waals surface area contributed by atoms with Gasteiger partial charge in [0, 0.05) is 30.6 Å². The molecule has 3 aliphatic rings. The lowest BCUT2D eigenvalue weighted by Gasteiger charge is -2.44. The Hall–Kier alpha value is -2.85. The second-order valence-electron chi connectivity index (χ2n) is 8.93. The molecule has 1 aliphatic heterocycles. The van der Waals surface area contributed by atoms with Gasteiger partial charge in [-0.1, -0.05) is 23.5 Å². The van der Waals surface area contributed by atoms with Crippen LogP contribution in [-0.4, -0.2) is 34.5 Å². The summed E-state index contributed by atoms with van der Waals surface area (Å²) < 4.78 is 0. The highest BCUT2D eigenvalue weighted by Crippen LogP contribution is 2.62. The number of likely N-dealkylation sites (N-methyl/N-ethyl adjacent to an activating group) is 1. The van der Waals surface area contributed by atoms with Crippen LogP contribution in [0, 0.1) is 10.8 Å². The van der Waals surface area contributed by atoms with E-state index in [1.807, 2.05) is 25.3 Å². The minimum absolute atomic E-state index is 0.0683. The van der Waals surface area contributed by atoms with Gasteiger partial charge in [-0.3, -0.25) is 14.7 Å². The zero-order valence-corrected chi connectivity index (χ0v) is 18.9. The summed E-state index contributed by atoms with van der Waals surface area (Å²) in [4.78, 5) is 24.5. The maximum absolute atomic E-state index is 13.8. The molecule has 2 spiro atoms. The van der Waals surface area contributed by atoms with Gasteiger partial charge in [-0.25, -0.2) is 4.99 Å². The quantitative estimate of drug-likeness (QED) is 0.675. The monoisotopic (exact) mass is 431 g/mol. The summed E-state index contributed by atoms with van der Waals surface area (Å²) in [5.74, 6) is 0.194. The van der Waals surface area contributed by atoms with Gasteiger partial charge in [-0.2, -0.15) is 0 Å². The van der Waals surface area contributed by atoms with E-state index in [4.69, 9.17) is 16.1 Å². The van der Waals surface area contributed by atoms with Gasteiger partial charge in [0.25, 0.3) is 5.91 Å². The first-order valence-electron chi connectivity index (χ1n) is 10.5. The van der Waals surface area contributed by atoms with Crippen LogP contribution in [0.2, 0.25) is 0 Å². The molecular weight excluding hydrogens is 405 g/mol. The molecule has 1 saturated carbocycles. The van der Waals surface area contributed by atoms with E-state index in [-0.39, 0.29) is 11.9 Å². The minimum atomic E-state index is -1.05. The van der Waals surface area contributed by atoms with Crippen LogP contribution in [-0.2, 0) is 16.8 Å². The summed E-state index contributed by atoms with van der Waals surface area (Å²) in [6, 6.07) is 10.3. The molecule has 6 nitrogen and oxygen atoms in total. The Morgan fingerprint density at radius 3 is 2.71 bits per heavy atom. The number of nitrogens with zero attached hydrogens (tertiary/aromatic N) is 3. The van der Waals surface area contributed by atoms with Gasteiger partial charge in [0.2, 0.25) is 0 Å². The van der Waals surface area contributed by atoms with Gasteiger partial charge in [-0.05, 0) is 72.6 Å². The first kappa shape index (κ1) is 20.1. The summed E-state index contributed by atoms with van der Waals surface area (Å²) >= 11 is 0. The molecule has 0 saturated heterocycles. The molecule has 1 aromatic carbocycles. The van der Waals surface area contributed by atoms with Crippen LogP contribution in [0.4, 0.5) is 0 Å². The molecule has 1 aromatic heterocycles. The van der Waals surface area contributed by atoms with E-state index in [0.717, 1.165) is 46.0 Å².